The minimum Gasteiger partial charge on any atom is -0.486 e. The minimum absolute atomic E-state index is 0.121. The molecule has 1 amide bonds. The zero-order valence-electron chi connectivity index (χ0n) is 18.8. The van der Waals surface area contributed by atoms with E-state index in [2.05, 4.69) is 17.1 Å². The fraction of sp³-hybridized carbons (Fsp3) is 0.107. The fourth-order valence-corrected chi connectivity index (χ4v) is 5.03. The molecule has 0 fully saturated rings. The van der Waals surface area contributed by atoms with E-state index in [0.29, 0.717) is 42.0 Å². The van der Waals surface area contributed by atoms with Crippen molar-refractivity contribution in [1.82, 2.24) is 9.97 Å². The number of benzene rings is 3. The van der Waals surface area contributed by atoms with Gasteiger partial charge in [-0.3, -0.25) is 14.7 Å². The van der Waals surface area contributed by atoms with Crippen molar-refractivity contribution in [2.45, 2.75) is 6.54 Å². The van der Waals surface area contributed by atoms with Crippen molar-refractivity contribution >= 4 is 32.6 Å². The normalized spacial score (nSPS) is 12.5. The van der Waals surface area contributed by atoms with Gasteiger partial charge in [0.05, 0.1) is 16.8 Å². The molecule has 5 aromatic rings. The Morgan fingerprint density at radius 3 is 2.37 bits per heavy atom. The molecule has 0 saturated heterocycles. The molecule has 0 atom stereocenters. The Labute approximate surface area is 206 Å². The first-order valence-corrected chi connectivity index (χ1v) is 12.1. The SMILES string of the molecule is O=C(c1ccc(-c2ccccc2)cc1)N(Cc1cccnc1)c1nc2cc3c(cc2s1)OCCO3. The van der Waals surface area contributed by atoms with Crippen LogP contribution in [0.4, 0.5) is 5.13 Å². The van der Waals surface area contributed by atoms with E-state index in [-0.39, 0.29) is 5.91 Å². The molecule has 3 heterocycles. The van der Waals surface area contributed by atoms with Gasteiger partial charge >= 0.3 is 0 Å². The third-order valence-corrected chi connectivity index (χ3v) is 6.86. The van der Waals surface area contributed by atoms with Crippen LogP contribution in [0.15, 0.2) is 91.3 Å². The van der Waals surface area contributed by atoms with Crippen molar-refractivity contribution in [3.63, 3.8) is 0 Å². The highest BCUT2D eigenvalue weighted by molar-refractivity contribution is 7.22. The van der Waals surface area contributed by atoms with Crippen LogP contribution in [0.2, 0.25) is 0 Å². The van der Waals surface area contributed by atoms with Crippen molar-refractivity contribution < 1.29 is 14.3 Å². The molecule has 0 radical (unpaired) electrons. The Hall–Kier alpha value is -4.23. The Morgan fingerprint density at radius 2 is 1.63 bits per heavy atom. The van der Waals surface area contributed by atoms with Crippen molar-refractivity contribution in [3.8, 4) is 22.6 Å². The first-order valence-electron chi connectivity index (χ1n) is 11.3. The monoisotopic (exact) mass is 479 g/mol. The Bertz CT molecular complexity index is 1440. The first kappa shape index (κ1) is 21.3. The number of pyridine rings is 1. The van der Waals surface area contributed by atoms with Crippen LogP contribution in [0.5, 0.6) is 11.5 Å². The third-order valence-electron chi connectivity index (χ3n) is 5.82. The van der Waals surface area contributed by atoms with Gasteiger partial charge in [0.15, 0.2) is 16.6 Å². The summed E-state index contributed by atoms with van der Waals surface area (Å²) >= 11 is 1.46. The van der Waals surface area contributed by atoms with Crippen LogP contribution in [0, 0.1) is 0 Å². The van der Waals surface area contributed by atoms with Crippen molar-refractivity contribution in [2.75, 3.05) is 18.1 Å². The predicted octanol–water partition coefficient (Wildman–Crippen LogP) is 5.98. The zero-order chi connectivity index (χ0) is 23.6. The molecular formula is C28H21N3O3S. The van der Waals surface area contributed by atoms with E-state index in [1.807, 2.05) is 66.7 Å². The van der Waals surface area contributed by atoms with Gasteiger partial charge in [0, 0.05) is 30.1 Å². The summed E-state index contributed by atoms with van der Waals surface area (Å²) in [6.45, 7) is 1.40. The van der Waals surface area contributed by atoms with E-state index in [1.54, 1.807) is 17.3 Å². The van der Waals surface area contributed by atoms with Crippen molar-refractivity contribution in [3.05, 3.63) is 102 Å². The van der Waals surface area contributed by atoms with Crippen LogP contribution < -0.4 is 14.4 Å². The number of anilines is 1. The minimum atomic E-state index is -0.121. The number of carbonyl (C=O) groups excluding carboxylic acids is 1. The van der Waals surface area contributed by atoms with Gasteiger partial charge in [-0.05, 0) is 34.9 Å². The maximum absolute atomic E-state index is 13.8. The van der Waals surface area contributed by atoms with Crippen LogP contribution in [0.1, 0.15) is 15.9 Å². The molecule has 3 aromatic carbocycles. The fourth-order valence-electron chi connectivity index (χ4n) is 4.06. The van der Waals surface area contributed by atoms with Crippen LogP contribution in [0.3, 0.4) is 0 Å². The van der Waals surface area contributed by atoms with Crippen molar-refractivity contribution in [1.29, 1.82) is 0 Å². The number of hydrogen-bond acceptors (Lipinski definition) is 6. The predicted molar refractivity (Wildman–Crippen MR) is 137 cm³/mol. The topological polar surface area (TPSA) is 64.6 Å². The second kappa shape index (κ2) is 9.19. The largest absolute Gasteiger partial charge is 0.486 e. The van der Waals surface area contributed by atoms with Crippen LogP contribution in [-0.2, 0) is 6.54 Å². The summed E-state index contributed by atoms with van der Waals surface area (Å²) in [5, 5.41) is 0.614. The van der Waals surface area contributed by atoms with Gasteiger partial charge in [0.25, 0.3) is 5.91 Å². The molecule has 6 nitrogen and oxygen atoms in total. The lowest BCUT2D eigenvalue weighted by molar-refractivity contribution is 0.0985. The Morgan fingerprint density at radius 1 is 0.886 bits per heavy atom. The smallest absolute Gasteiger partial charge is 0.260 e. The number of carbonyl (C=O) groups is 1. The molecule has 7 heteroatoms. The van der Waals surface area contributed by atoms with Crippen LogP contribution in [0.25, 0.3) is 21.3 Å². The standard InChI is InChI=1S/C28H21N3O3S/c32-27(22-10-8-21(9-11-22)20-6-2-1-3-7-20)31(18-19-5-4-12-29-17-19)28-30-23-15-24-25(16-26(23)35-28)34-14-13-33-24/h1-12,15-17H,13-14,18H2. The highest BCUT2D eigenvalue weighted by Gasteiger charge is 2.23. The van der Waals surface area contributed by atoms with Gasteiger partial charge in [-0.15, -0.1) is 0 Å². The molecule has 0 aliphatic carbocycles. The molecule has 0 spiro atoms. The average molecular weight is 480 g/mol. The number of aromatic nitrogens is 2. The molecule has 0 saturated carbocycles. The third kappa shape index (κ3) is 4.34. The second-order valence-corrected chi connectivity index (χ2v) is 9.17. The molecule has 172 valence electrons. The molecular weight excluding hydrogens is 458 g/mol. The molecule has 2 aromatic heterocycles. The molecule has 6 rings (SSSR count). The number of amides is 1. The first-order chi connectivity index (χ1) is 17.2. The highest BCUT2D eigenvalue weighted by atomic mass is 32.1. The number of thiazole rings is 1. The molecule has 0 N–H and O–H groups in total. The molecule has 0 bridgehead atoms. The summed E-state index contributed by atoms with van der Waals surface area (Å²) in [5.74, 6) is 1.27. The molecule has 0 unspecified atom stereocenters. The van der Waals surface area contributed by atoms with E-state index in [4.69, 9.17) is 14.5 Å². The molecule has 1 aliphatic rings. The Balaban J connectivity index is 1.37. The summed E-state index contributed by atoms with van der Waals surface area (Å²) < 4.78 is 12.4. The van der Waals surface area contributed by atoms with Gasteiger partial charge in [-0.1, -0.05) is 59.9 Å². The van der Waals surface area contributed by atoms with E-state index in [1.165, 1.54) is 11.3 Å². The van der Waals surface area contributed by atoms with E-state index in [9.17, 15) is 4.79 Å². The van der Waals surface area contributed by atoms with Crippen molar-refractivity contribution in [2.24, 2.45) is 0 Å². The average Bonchev–Trinajstić information content (AvgIpc) is 3.33. The van der Waals surface area contributed by atoms with Gasteiger partial charge in [0.1, 0.15) is 13.2 Å². The van der Waals surface area contributed by atoms with E-state index in [0.717, 1.165) is 26.9 Å². The zero-order valence-corrected chi connectivity index (χ0v) is 19.6. The van der Waals surface area contributed by atoms with E-state index >= 15 is 0 Å². The summed E-state index contributed by atoms with van der Waals surface area (Å²) in [5.41, 5.74) is 4.47. The molecule has 1 aliphatic heterocycles. The number of fused-ring (bicyclic) bond motifs is 2. The summed E-state index contributed by atoms with van der Waals surface area (Å²) in [6, 6.07) is 25.5. The maximum atomic E-state index is 13.8. The summed E-state index contributed by atoms with van der Waals surface area (Å²) in [6.07, 6.45) is 3.49. The second-order valence-electron chi connectivity index (χ2n) is 8.16. The lowest BCUT2D eigenvalue weighted by Gasteiger charge is -2.20. The number of rotatable bonds is 5. The summed E-state index contributed by atoms with van der Waals surface area (Å²) in [4.78, 5) is 24.5. The van der Waals surface area contributed by atoms with E-state index < -0.39 is 0 Å². The highest BCUT2D eigenvalue weighted by Crippen LogP contribution is 2.39. The van der Waals surface area contributed by atoms with Gasteiger partial charge in [0.2, 0.25) is 0 Å². The molecule has 35 heavy (non-hydrogen) atoms. The number of nitrogens with zero attached hydrogens (tertiary/aromatic N) is 3. The van der Waals surface area contributed by atoms with Gasteiger partial charge < -0.3 is 9.47 Å². The van der Waals surface area contributed by atoms with Crippen LogP contribution in [-0.4, -0.2) is 29.1 Å². The van der Waals surface area contributed by atoms with Crippen LogP contribution >= 0.6 is 11.3 Å². The number of ether oxygens (including phenoxy) is 2. The number of hydrogen-bond donors (Lipinski definition) is 0. The maximum Gasteiger partial charge on any atom is 0.260 e. The lowest BCUT2D eigenvalue weighted by atomic mass is 10.0. The quantitative estimate of drug-likeness (QED) is 0.310. The van der Waals surface area contributed by atoms with Gasteiger partial charge in [-0.2, -0.15) is 0 Å². The van der Waals surface area contributed by atoms with Gasteiger partial charge in [-0.25, -0.2) is 4.98 Å². The lowest BCUT2D eigenvalue weighted by Crippen LogP contribution is -2.30. The summed E-state index contributed by atoms with van der Waals surface area (Å²) in [7, 11) is 0. The Kier molecular flexibility index (Phi) is 5.60.